The summed E-state index contributed by atoms with van der Waals surface area (Å²) in [5, 5.41) is 3.31. The third-order valence-corrected chi connectivity index (χ3v) is 2.96. The van der Waals surface area contributed by atoms with E-state index in [0.29, 0.717) is 0 Å². The second kappa shape index (κ2) is 8.25. The Kier molecular flexibility index (Phi) is 6.89. The Morgan fingerprint density at radius 3 is 2.82 bits per heavy atom. The van der Waals surface area contributed by atoms with Crippen LogP contribution in [0.3, 0.4) is 0 Å². The van der Waals surface area contributed by atoms with Crippen LogP contribution in [-0.2, 0) is 6.54 Å². The van der Waals surface area contributed by atoms with Gasteiger partial charge in [-0.05, 0) is 18.9 Å². The van der Waals surface area contributed by atoms with Crippen molar-refractivity contribution in [3.8, 4) is 11.5 Å². The normalized spacial score (nSPS) is 10.3. The Morgan fingerprint density at radius 1 is 1.35 bits per heavy atom. The second-order valence-corrected chi connectivity index (χ2v) is 4.58. The lowest BCUT2D eigenvalue weighted by atomic mass is 10.2. The van der Waals surface area contributed by atoms with Gasteiger partial charge in [0, 0.05) is 23.9 Å². The zero-order valence-corrected chi connectivity index (χ0v) is 11.6. The first kappa shape index (κ1) is 14.2. The van der Waals surface area contributed by atoms with Crippen LogP contribution in [0.1, 0.15) is 12.5 Å². The van der Waals surface area contributed by atoms with Crippen LogP contribution in [0.2, 0.25) is 0 Å². The van der Waals surface area contributed by atoms with Gasteiger partial charge in [-0.1, -0.05) is 13.0 Å². The van der Waals surface area contributed by atoms with Crippen LogP contribution in [-0.4, -0.2) is 32.3 Å². The minimum absolute atomic E-state index is 0.730. The third kappa shape index (κ3) is 4.88. The fourth-order valence-electron chi connectivity index (χ4n) is 1.44. The third-order valence-electron chi connectivity index (χ3n) is 2.38. The minimum Gasteiger partial charge on any atom is -0.497 e. The molecule has 0 saturated heterocycles. The van der Waals surface area contributed by atoms with Gasteiger partial charge in [-0.25, -0.2) is 0 Å². The lowest BCUT2D eigenvalue weighted by Gasteiger charge is -2.13. The molecule has 0 atom stereocenters. The van der Waals surface area contributed by atoms with E-state index in [1.165, 1.54) is 5.56 Å². The van der Waals surface area contributed by atoms with Crippen LogP contribution in [0, 0.1) is 0 Å². The highest BCUT2D eigenvalue weighted by atomic mass is 32.2. The van der Waals surface area contributed by atoms with Crippen molar-refractivity contribution < 1.29 is 9.47 Å². The summed E-state index contributed by atoms with van der Waals surface area (Å²) in [4.78, 5) is 0. The molecular formula is C13H21NO2S. The van der Waals surface area contributed by atoms with Crippen molar-refractivity contribution in [2.75, 3.05) is 32.3 Å². The molecule has 3 nitrogen and oxygen atoms in total. The molecule has 0 amide bonds. The molecule has 4 heteroatoms. The summed E-state index contributed by atoms with van der Waals surface area (Å²) in [5.41, 5.74) is 1.17. The summed E-state index contributed by atoms with van der Waals surface area (Å²) in [6.45, 7) is 4.61. The van der Waals surface area contributed by atoms with E-state index in [4.69, 9.17) is 9.47 Å². The van der Waals surface area contributed by atoms with Gasteiger partial charge in [0.1, 0.15) is 11.5 Å². The van der Waals surface area contributed by atoms with E-state index in [0.717, 1.165) is 36.9 Å². The molecule has 0 radical (unpaired) electrons. The maximum Gasteiger partial charge on any atom is 0.127 e. The number of thioether (sulfide) groups is 1. The molecule has 0 aliphatic rings. The van der Waals surface area contributed by atoms with Crippen molar-refractivity contribution in [3.63, 3.8) is 0 Å². The summed E-state index contributed by atoms with van der Waals surface area (Å²) >= 11 is 1.78. The van der Waals surface area contributed by atoms with E-state index in [1.54, 1.807) is 18.9 Å². The topological polar surface area (TPSA) is 30.5 Å². The molecule has 0 bridgehead atoms. The maximum atomic E-state index is 5.78. The van der Waals surface area contributed by atoms with Crippen LogP contribution < -0.4 is 14.8 Å². The molecular weight excluding hydrogens is 234 g/mol. The Morgan fingerprint density at radius 2 is 2.18 bits per heavy atom. The second-order valence-electron chi connectivity index (χ2n) is 3.60. The van der Waals surface area contributed by atoms with Gasteiger partial charge in [-0.3, -0.25) is 0 Å². The SMILES string of the molecule is CCNCc1ccc(OC)cc1OCCSC. The minimum atomic E-state index is 0.730. The highest BCUT2D eigenvalue weighted by molar-refractivity contribution is 7.98. The van der Waals surface area contributed by atoms with E-state index in [9.17, 15) is 0 Å². The molecule has 0 unspecified atom stereocenters. The first-order chi connectivity index (χ1) is 8.31. The summed E-state index contributed by atoms with van der Waals surface area (Å²) in [6, 6.07) is 5.97. The Balaban J connectivity index is 2.71. The Hall–Kier alpha value is -0.870. The van der Waals surface area contributed by atoms with Gasteiger partial charge in [0.25, 0.3) is 0 Å². The van der Waals surface area contributed by atoms with Crippen LogP contribution in [0.5, 0.6) is 11.5 Å². The number of hydrogen-bond donors (Lipinski definition) is 1. The zero-order chi connectivity index (χ0) is 12.5. The van der Waals surface area contributed by atoms with Crippen molar-refractivity contribution in [3.05, 3.63) is 23.8 Å². The number of rotatable bonds is 8. The van der Waals surface area contributed by atoms with E-state index in [-0.39, 0.29) is 0 Å². The number of ether oxygens (including phenoxy) is 2. The van der Waals surface area contributed by atoms with Crippen LogP contribution in [0.15, 0.2) is 18.2 Å². The molecule has 96 valence electrons. The van der Waals surface area contributed by atoms with Crippen molar-refractivity contribution in [2.24, 2.45) is 0 Å². The summed E-state index contributed by atoms with van der Waals surface area (Å²) < 4.78 is 11.0. The average Bonchev–Trinajstić information content (AvgIpc) is 2.37. The predicted octanol–water partition coefficient (Wildman–Crippen LogP) is 2.55. The molecule has 1 aromatic rings. The predicted molar refractivity (Wildman–Crippen MR) is 74.3 cm³/mol. The maximum absolute atomic E-state index is 5.78. The molecule has 1 aromatic carbocycles. The first-order valence-corrected chi connectivity index (χ1v) is 7.20. The highest BCUT2D eigenvalue weighted by Crippen LogP contribution is 2.25. The lowest BCUT2D eigenvalue weighted by Crippen LogP contribution is -2.13. The number of hydrogen-bond acceptors (Lipinski definition) is 4. The molecule has 0 saturated carbocycles. The van der Waals surface area contributed by atoms with E-state index < -0.39 is 0 Å². The monoisotopic (exact) mass is 255 g/mol. The number of methoxy groups -OCH3 is 1. The summed E-state index contributed by atoms with van der Waals surface area (Å²) in [6.07, 6.45) is 2.08. The van der Waals surface area contributed by atoms with Crippen LogP contribution in [0.4, 0.5) is 0 Å². The van der Waals surface area contributed by atoms with E-state index in [1.807, 2.05) is 12.1 Å². The molecule has 1 N–H and O–H groups in total. The van der Waals surface area contributed by atoms with Crippen molar-refractivity contribution in [1.82, 2.24) is 5.32 Å². The van der Waals surface area contributed by atoms with Crippen LogP contribution in [0.25, 0.3) is 0 Å². The van der Waals surface area contributed by atoms with Gasteiger partial charge in [0.15, 0.2) is 0 Å². The molecule has 0 fully saturated rings. The van der Waals surface area contributed by atoms with Gasteiger partial charge < -0.3 is 14.8 Å². The first-order valence-electron chi connectivity index (χ1n) is 5.81. The zero-order valence-electron chi connectivity index (χ0n) is 10.8. The van der Waals surface area contributed by atoms with Crippen molar-refractivity contribution >= 4 is 11.8 Å². The molecule has 0 aliphatic heterocycles. The Bertz CT molecular complexity index is 331. The van der Waals surface area contributed by atoms with Gasteiger partial charge >= 0.3 is 0 Å². The summed E-state index contributed by atoms with van der Waals surface area (Å²) in [5.74, 6) is 2.75. The van der Waals surface area contributed by atoms with Gasteiger partial charge in [0.2, 0.25) is 0 Å². The molecule has 1 rings (SSSR count). The lowest BCUT2D eigenvalue weighted by molar-refractivity contribution is 0.335. The molecule has 17 heavy (non-hydrogen) atoms. The van der Waals surface area contributed by atoms with E-state index >= 15 is 0 Å². The molecule has 0 aliphatic carbocycles. The fourth-order valence-corrected chi connectivity index (χ4v) is 1.69. The van der Waals surface area contributed by atoms with Gasteiger partial charge in [-0.2, -0.15) is 11.8 Å². The molecule has 0 spiro atoms. The van der Waals surface area contributed by atoms with Crippen LogP contribution >= 0.6 is 11.8 Å². The largest absolute Gasteiger partial charge is 0.497 e. The summed E-state index contributed by atoms with van der Waals surface area (Å²) in [7, 11) is 1.67. The quantitative estimate of drug-likeness (QED) is 0.723. The van der Waals surface area contributed by atoms with Gasteiger partial charge in [0.05, 0.1) is 13.7 Å². The van der Waals surface area contributed by atoms with Crippen molar-refractivity contribution in [1.29, 1.82) is 0 Å². The average molecular weight is 255 g/mol. The fraction of sp³-hybridized carbons (Fsp3) is 0.538. The Labute approximate surface area is 108 Å². The highest BCUT2D eigenvalue weighted by Gasteiger charge is 2.05. The van der Waals surface area contributed by atoms with Gasteiger partial charge in [-0.15, -0.1) is 0 Å². The number of benzene rings is 1. The van der Waals surface area contributed by atoms with Crippen molar-refractivity contribution in [2.45, 2.75) is 13.5 Å². The standard InChI is InChI=1S/C13H21NO2S/c1-4-14-10-11-5-6-12(15-2)9-13(11)16-7-8-17-3/h5-6,9,14H,4,7-8,10H2,1-3H3. The van der Waals surface area contributed by atoms with E-state index in [2.05, 4.69) is 24.6 Å². The molecule has 0 aromatic heterocycles. The number of nitrogens with one attached hydrogen (secondary N) is 1. The molecule has 0 heterocycles. The smallest absolute Gasteiger partial charge is 0.127 e.